The van der Waals surface area contributed by atoms with E-state index in [4.69, 9.17) is 20.9 Å². The summed E-state index contributed by atoms with van der Waals surface area (Å²) >= 11 is 0. The zero-order chi connectivity index (χ0) is 17.7. The third-order valence-corrected chi connectivity index (χ3v) is 4.07. The lowest BCUT2D eigenvalue weighted by Gasteiger charge is -2.18. The zero-order valence-electron chi connectivity index (χ0n) is 13.3. The summed E-state index contributed by atoms with van der Waals surface area (Å²) in [5.41, 5.74) is 11.4. The standard InChI is InChI=1S/C16H24N2O6/c17-11-3-1-9(5-11)7-23-15(21)13(19)14(20)16(22)24-8-10-2-4-12(18)6-10/h1-4,9-14,19-20H,5-8,17-18H2/t9-,10-,11+,12+,13?,14?/m1/s1. The molecule has 2 unspecified atom stereocenters. The van der Waals surface area contributed by atoms with Gasteiger partial charge in [0.05, 0.1) is 13.2 Å². The van der Waals surface area contributed by atoms with Gasteiger partial charge in [0.1, 0.15) is 0 Å². The minimum atomic E-state index is -1.99. The molecule has 0 amide bonds. The second-order valence-corrected chi connectivity index (χ2v) is 6.24. The molecule has 0 radical (unpaired) electrons. The second kappa shape index (κ2) is 8.39. The van der Waals surface area contributed by atoms with Gasteiger partial charge in [-0.05, 0) is 12.8 Å². The number of aliphatic hydroxyl groups excluding tert-OH is 2. The number of esters is 2. The summed E-state index contributed by atoms with van der Waals surface area (Å²) in [7, 11) is 0. The van der Waals surface area contributed by atoms with E-state index in [1.165, 1.54) is 0 Å². The van der Waals surface area contributed by atoms with Crippen LogP contribution in [0.4, 0.5) is 0 Å². The van der Waals surface area contributed by atoms with Crippen LogP contribution in [0.15, 0.2) is 24.3 Å². The fraction of sp³-hybridized carbons (Fsp3) is 0.625. The molecule has 0 aromatic heterocycles. The van der Waals surface area contributed by atoms with Crippen LogP contribution >= 0.6 is 0 Å². The van der Waals surface area contributed by atoms with Crippen LogP contribution in [0.1, 0.15) is 12.8 Å². The number of carbonyl (C=O) groups is 2. The van der Waals surface area contributed by atoms with Crippen LogP contribution in [0.25, 0.3) is 0 Å². The topological polar surface area (TPSA) is 145 Å². The molecule has 2 aliphatic carbocycles. The lowest BCUT2D eigenvalue weighted by atomic mass is 10.1. The molecule has 0 saturated heterocycles. The molecule has 24 heavy (non-hydrogen) atoms. The zero-order valence-corrected chi connectivity index (χ0v) is 13.3. The van der Waals surface area contributed by atoms with E-state index >= 15 is 0 Å². The highest BCUT2D eigenvalue weighted by molar-refractivity contribution is 5.85. The normalized spacial score (nSPS) is 31.0. The number of hydrogen-bond acceptors (Lipinski definition) is 8. The molecule has 0 saturated carbocycles. The summed E-state index contributed by atoms with van der Waals surface area (Å²) in [5.74, 6) is -2.20. The minimum absolute atomic E-state index is 0.0291. The van der Waals surface area contributed by atoms with Crippen LogP contribution in [0, 0.1) is 11.8 Å². The molecule has 2 rings (SSSR count). The molecule has 0 aromatic carbocycles. The molecule has 2 aliphatic rings. The predicted octanol–water partition coefficient (Wildman–Crippen LogP) is -1.40. The van der Waals surface area contributed by atoms with Crippen molar-refractivity contribution in [2.45, 2.75) is 37.1 Å². The first-order valence-electron chi connectivity index (χ1n) is 7.94. The van der Waals surface area contributed by atoms with E-state index in [0.717, 1.165) is 0 Å². The van der Waals surface area contributed by atoms with Crippen LogP contribution in [-0.2, 0) is 19.1 Å². The highest BCUT2D eigenvalue weighted by Gasteiger charge is 2.34. The van der Waals surface area contributed by atoms with E-state index in [2.05, 4.69) is 0 Å². The van der Waals surface area contributed by atoms with Crippen LogP contribution in [0.2, 0.25) is 0 Å². The van der Waals surface area contributed by atoms with Crippen molar-refractivity contribution in [3.63, 3.8) is 0 Å². The van der Waals surface area contributed by atoms with Gasteiger partial charge in [0.15, 0.2) is 12.2 Å². The Morgan fingerprint density at radius 1 is 0.875 bits per heavy atom. The molecule has 0 heterocycles. The van der Waals surface area contributed by atoms with Crippen molar-refractivity contribution in [1.82, 2.24) is 0 Å². The van der Waals surface area contributed by atoms with Gasteiger partial charge in [-0.3, -0.25) is 0 Å². The van der Waals surface area contributed by atoms with E-state index < -0.39 is 24.1 Å². The van der Waals surface area contributed by atoms with Crippen molar-refractivity contribution < 1.29 is 29.3 Å². The first-order valence-corrected chi connectivity index (χ1v) is 7.94. The Bertz CT molecular complexity index is 475. The summed E-state index contributed by atoms with van der Waals surface area (Å²) in [6.45, 7) is 0.0687. The van der Waals surface area contributed by atoms with Crippen molar-refractivity contribution in [2.75, 3.05) is 13.2 Å². The third kappa shape index (κ3) is 5.13. The molecule has 6 N–H and O–H groups in total. The van der Waals surface area contributed by atoms with Crippen LogP contribution in [0.3, 0.4) is 0 Å². The summed E-state index contributed by atoms with van der Waals surface area (Å²) < 4.78 is 9.82. The molecule has 8 nitrogen and oxygen atoms in total. The van der Waals surface area contributed by atoms with Gasteiger partial charge in [0.2, 0.25) is 0 Å². The van der Waals surface area contributed by atoms with Gasteiger partial charge < -0.3 is 31.2 Å². The van der Waals surface area contributed by atoms with E-state index in [1.54, 1.807) is 0 Å². The van der Waals surface area contributed by atoms with Gasteiger partial charge in [-0.2, -0.15) is 0 Å². The Labute approximate surface area is 140 Å². The molecule has 0 aliphatic heterocycles. The van der Waals surface area contributed by atoms with Gasteiger partial charge >= 0.3 is 11.9 Å². The number of nitrogens with two attached hydrogens (primary N) is 2. The van der Waals surface area contributed by atoms with Gasteiger partial charge in [-0.25, -0.2) is 9.59 Å². The quantitative estimate of drug-likeness (QED) is 0.327. The third-order valence-electron chi connectivity index (χ3n) is 4.07. The fourth-order valence-corrected chi connectivity index (χ4v) is 2.67. The van der Waals surface area contributed by atoms with Gasteiger partial charge in [0.25, 0.3) is 0 Å². The van der Waals surface area contributed by atoms with Crippen molar-refractivity contribution in [2.24, 2.45) is 23.3 Å². The average molecular weight is 340 g/mol. The van der Waals surface area contributed by atoms with E-state index in [9.17, 15) is 19.8 Å². The first-order chi connectivity index (χ1) is 11.4. The van der Waals surface area contributed by atoms with Crippen LogP contribution in [-0.4, -0.2) is 59.7 Å². The molecule has 6 atom stereocenters. The van der Waals surface area contributed by atoms with Crippen LogP contribution < -0.4 is 11.5 Å². The number of ether oxygens (including phenoxy) is 2. The Kier molecular flexibility index (Phi) is 6.50. The Hall–Kier alpha value is -1.74. The highest BCUT2D eigenvalue weighted by Crippen LogP contribution is 2.18. The molecule has 0 bridgehead atoms. The van der Waals surface area contributed by atoms with Gasteiger partial charge in [0, 0.05) is 23.9 Å². The maximum atomic E-state index is 11.7. The smallest absolute Gasteiger partial charge is 0.338 e. The Balaban J connectivity index is 1.70. The number of hydrogen-bond donors (Lipinski definition) is 4. The number of aliphatic hydroxyl groups is 2. The highest BCUT2D eigenvalue weighted by atomic mass is 16.6. The second-order valence-electron chi connectivity index (χ2n) is 6.24. The van der Waals surface area contributed by atoms with Gasteiger partial charge in [-0.15, -0.1) is 0 Å². The van der Waals surface area contributed by atoms with Gasteiger partial charge in [-0.1, -0.05) is 24.3 Å². The van der Waals surface area contributed by atoms with Crippen LogP contribution in [0.5, 0.6) is 0 Å². The van der Waals surface area contributed by atoms with Crippen molar-refractivity contribution in [1.29, 1.82) is 0 Å². The van der Waals surface area contributed by atoms with Crippen molar-refractivity contribution in [3.05, 3.63) is 24.3 Å². The minimum Gasteiger partial charge on any atom is -0.463 e. The average Bonchev–Trinajstić information content (AvgIpc) is 3.17. The Morgan fingerprint density at radius 3 is 1.54 bits per heavy atom. The summed E-state index contributed by atoms with van der Waals surface area (Å²) in [5, 5.41) is 19.4. The van der Waals surface area contributed by atoms with E-state index in [1.807, 2.05) is 24.3 Å². The maximum Gasteiger partial charge on any atom is 0.338 e. The lowest BCUT2D eigenvalue weighted by molar-refractivity contribution is -0.174. The van der Waals surface area contributed by atoms with E-state index in [-0.39, 0.29) is 37.1 Å². The predicted molar refractivity (Wildman–Crippen MR) is 84.4 cm³/mol. The monoisotopic (exact) mass is 340 g/mol. The fourth-order valence-electron chi connectivity index (χ4n) is 2.67. The molecule has 8 heteroatoms. The number of carbonyl (C=O) groups excluding carboxylic acids is 2. The van der Waals surface area contributed by atoms with Crippen molar-refractivity contribution >= 4 is 11.9 Å². The van der Waals surface area contributed by atoms with E-state index in [0.29, 0.717) is 12.8 Å². The number of rotatable bonds is 7. The molecule has 0 fully saturated rings. The molecular weight excluding hydrogens is 316 g/mol. The molecule has 134 valence electrons. The SMILES string of the molecule is N[C@H]1C=C[C@@H](COC(=O)C(O)C(O)C(=O)OC[C@@H]2C=C[C@H](N)C2)C1. The largest absolute Gasteiger partial charge is 0.463 e. The molecule has 0 spiro atoms. The summed E-state index contributed by atoms with van der Waals surface area (Å²) in [4.78, 5) is 23.4. The Morgan fingerprint density at radius 2 is 1.25 bits per heavy atom. The first kappa shape index (κ1) is 18.6. The van der Waals surface area contributed by atoms with Crippen molar-refractivity contribution in [3.8, 4) is 0 Å². The summed E-state index contributed by atoms with van der Waals surface area (Å²) in [6.07, 6.45) is 4.59. The molecular formula is C16H24N2O6. The molecule has 0 aromatic rings. The summed E-state index contributed by atoms with van der Waals surface area (Å²) in [6, 6.07) is -0.145. The maximum absolute atomic E-state index is 11.7. The lowest BCUT2D eigenvalue weighted by Crippen LogP contribution is -2.42.